The lowest BCUT2D eigenvalue weighted by Gasteiger charge is -2.46. The molecule has 13 heavy (non-hydrogen) atoms. The highest BCUT2D eigenvalue weighted by Gasteiger charge is 2.48. The third-order valence-electron chi connectivity index (χ3n) is 4.40. The fraction of sp³-hybridized carbons (Fsp3) is 1.00. The summed E-state index contributed by atoms with van der Waals surface area (Å²) in [5, 5.41) is 14.1. The summed E-state index contributed by atoms with van der Waals surface area (Å²) in [7, 11) is 0. The maximum Gasteiger partial charge on any atom is 0.0705 e. The van der Waals surface area contributed by atoms with Crippen LogP contribution in [0.3, 0.4) is 0 Å². The summed E-state index contributed by atoms with van der Waals surface area (Å²) in [6, 6.07) is 1.26. The average Bonchev–Trinajstić information content (AvgIpc) is 2.25. The van der Waals surface area contributed by atoms with E-state index in [0.717, 1.165) is 12.8 Å². The van der Waals surface area contributed by atoms with E-state index >= 15 is 0 Å². The Hall–Kier alpha value is -0.0800. The summed E-state index contributed by atoms with van der Waals surface area (Å²) in [6.45, 7) is 0. The first kappa shape index (κ1) is 8.25. The zero-order chi connectivity index (χ0) is 8.89. The molecule has 2 heteroatoms. The van der Waals surface area contributed by atoms with Crippen molar-refractivity contribution in [3.8, 4) is 0 Å². The fourth-order valence-electron chi connectivity index (χ4n) is 3.44. The second-order valence-corrected chi connectivity index (χ2v) is 5.28. The van der Waals surface area contributed by atoms with Gasteiger partial charge < -0.3 is 10.4 Å². The molecule has 2 nitrogen and oxygen atoms in total. The standard InChI is InChI=1S/C11H19NO/c13-11(8-2-1-3-8)6-9-4-5-10(7-11)12-9/h8-10,12-13H,1-7H2. The van der Waals surface area contributed by atoms with Gasteiger partial charge in [-0.1, -0.05) is 6.42 Å². The average molecular weight is 181 g/mol. The number of piperidine rings is 1. The van der Waals surface area contributed by atoms with Gasteiger partial charge in [-0.25, -0.2) is 0 Å². The molecular formula is C11H19NO. The summed E-state index contributed by atoms with van der Waals surface area (Å²) in [5.74, 6) is 0.637. The van der Waals surface area contributed by atoms with Crippen molar-refractivity contribution >= 4 is 0 Å². The maximum absolute atomic E-state index is 10.5. The molecule has 3 aliphatic rings. The van der Waals surface area contributed by atoms with Crippen LogP contribution in [0.15, 0.2) is 0 Å². The summed E-state index contributed by atoms with van der Waals surface area (Å²) in [6.07, 6.45) is 8.52. The van der Waals surface area contributed by atoms with Crippen molar-refractivity contribution in [2.24, 2.45) is 5.92 Å². The van der Waals surface area contributed by atoms with Crippen LogP contribution in [0.25, 0.3) is 0 Å². The first-order valence-corrected chi connectivity index (χ1v) is 5.75. The van der Waals surface area contributed by atoms with Crippen LogP contribution in [-0.4, -0.2) is 22.8 Å². The molecule has 0 aromatic carbocycles. The molecule has 1 saturated carbocycles. The first-order chi connectivity index (χ1) is 6.26. The highest BCUT2D eigenvalue weighted by Crippen LogP contribution is 2.45. The Labute approximate surface area is 79.7 Å². The van der Waals surface area contributed by atoms with Crippen molar-refractivity contribution in [3.05, 3.63) is 0 Å². The molecule has 3 rings (SSSR count). The fourth-order valence-corrected chi connectivity index (χ4v) is 3.44. The molecule has 2 bridgehead atoms. The van der Waals surface area contributed by atoms with Gasteiger partial charge in [-0.05, 0) is 44.4 Å². The second-order valence-electron chi connectivity index (χ2n) is 5.28. The zero-order valence-corrected chi connectivity index (χ0v) is 8.13. The van der Waals surface area contributed by atoms with Gasteiger partial charge in [0.1, 0.15) is 0 Å². The predicted octanol–water partition coefficient (Wildman–Crippen LogP) is 1.43. The Morgan fingerprint density at radius 1 is 1.00 bits per heavy atom. The van der Waals surface area contributed by atoms with E-state index in [1.807, 2.05) is 0 Å². The largest absolute Gasteiger partial charge is 0.389 e. The summed E-state index contributed by atoms with van der Waals surface area (Å²) in [5.41, 5.74) is -0.282. The van der Waals surface area contributed by atoms with Gasteiger partial charge in [0.25, 0.3) is 0 Å². The van der Waals surface area contributed by atoms with Gasteiger partial charge in [-0.15, -0.1) is 0 Å². The number of fused-ring (bicyclic) bond motifs is 2. The summed E-state index contributed by atoms with van der Waals surface area (Å²) >= 11 is 0. The van der Waals surface area contributed by atoms with Crippen LogP contribution in [-0.2, 0) is 0 Å². The van der Waals surface area contributed by atoms with Crippen molar-refractivity contribution < 1.29 is 5.11 Å². The monoisotopic (exact) mass is 181 g/mol. The molecule has 2 atom stereocenters. The lowest BCUT2D eigenvalue weighted by Crippen LogP contribution is -2.53. The molecule has 2 heterocycles. The van der Waals surface area contributed by atoms with E-state index in [1.165, 1.54) is 32.1 Å². The molecule has 0 amide bonds. The minimum absolute atomic E-state index is 0.282. The summed E-state index contributed by atoms with van der Waals surface area (Å²) in [4.78, 5) is 0. The molecule has 3 fully saturated rings. The van der Waals surface area contributed by atoms with Crippen molar-refractivity contribution in [1.29, 1.82) is 0 Å². The lowest BCUT2D eigenvalue weighted by atomic mass is 9.67. The molecule has 0 aromatic rings. The van der Waals surface area contributed by atoms with Crippen molar-refractivity contribution in [2.45, 2.75) is 62.6 Å². The van der Waals surface area contributed by atoms with E-state index in [1.54, 1.807) is 0 Å². The van der Waals surface area contributed by atoms with E-state index in [9.17, 15) is 5.11 Å². The molecule has 2 N–H and O–H groups in total. The van der Waals surface area contributed by atoms with Gasteiger partial charge in [0.2, 0.25) is 0 Å². The van der Waals surface area contributed by atoms with Gasteiger partial charge in [0.15, 0.2) is 0 Å². The van der Waals surface area contributed by atoms with Crippen LogP contribution in [0.1, 0.15) is 44.9 Å². The molecule has 2 unspecified atom stereocenters. The van der Waals surface area contributed by atoms with E-state index in [-0.39, 0.29) is 5.60 Å². The lowest BCUT2D eigenvalue weighted by molar-refractivity contribution is -0.0833. The molecular weight excluding hydrogens is 162 g/mol. The topological polar surface area (TPSA) is 32.3 Å². The van der Waals surface area contributed by atoms with E-state index in [4.69, 9.17) is 0 Å². The number of rotatable bonds is 1. The normalized spacial score (nSPS) is 50.5. The van der Waals surface area contributed by atoms with E-state index in [0.29, 0.717) is 18.0 Å². The van der Waals surface area contributed by atoms with Crippen LogP contribution in [0.2, 0.25) is 0 Å². The smallest absolute Gasteiger partial charge is 0.0705 e. The SMILES string of the molecule is OC1(C2CCC2)CC2CCC(C1)N2. The van der Waals surface area contributed by atoms with Crippen LogP contribution in [0, 0.1) is 5.92 Å². The van der Waals surface area contributed by atoms with Crippen LogP contribution >= 0.6 is 0 Å². The van der Waals surface area contributed by atoms with Crippen LogP contribution in [0.4, 0.5) is 0 Å². The first-order valence-electron chi connectivity index (χ1n) is 5.75. The molecule has 0 aromatic heterocycles. The Morgan fingerprint density at radius 2 is 1.62 bits per heavy atom. The molecule has 0 spiro atoms. The van der Waals surface area contributed by atoms with E-state index in [2.05, 4.69) is 5.32 Å². The second kappa shape index (κ2) is 2.71. The Bertz CT molecular complexity index is 200. The van der Waals surface area contributed by atoms with Gasteiger partial charge in [0.05, 0.1) is 5.60 Å². The Morgan fingerprint density at radius 3 is 2.08 bits per heavy atom. The third-order valence-corrected chi connectivity index (χ3v) is 4.40. The number of hydrogen-bond acceptors (Lipinski definition) is 2. The highest BCUT2D eigenvalue weighted by molar-refractivity contribution is 5.04. The van der Waals surface area contributed by atoms with Gasteiger partial charge >= 0.3 is 0 Å². The third kappa shape index (κ3) is 1.23. The maximum atomic E-state index is 10.5. The Balaban J connectivity index is 1.76. The molecule has 1 aliphatic carbocycles. The van der Waals surface area contributed by atoms with Crippen LogP contribution in [0.5, 0.6) is 0 Å². The minimum Gasteiger partial charge on any atom is -0.389 e. The van der Waals surface area contributed by atoms with Gasteiger partial charge in [-0.3, -0.25) is 0 Å². The van der Waals surface area contributed by atoms with Crippen LogP contribution < -0.4 is 5.32 Å². The van der Waals surface area contributed by atoms with Crippen molar-refractivity contribution in [1.82, 2.24) is 5.32 Å². The van der Waals surface area contributed by atoms with Crippen molar-refractivity contribution in [2.75, 3.05) is 0 Å². The number of nitrogens with one attached hydrogen (secondary N) is 1. The quantitative estimate of drug-likeness (QED) is 0.641. The molecule has 2 saturated heterocycles. The molecule has 74 valence electrons. The number of aliphatic hydroxyl groups is 1. The molecule has 0 radical (unpaired) electrons. The minimum atomic E-state index is -0.282. The molecule has 2 aliphatic heterocycles. The summed E-state index contributed by atoms with van der Waals surface area (Å²) < 4.78 is 0. The van der Waals surface area contributed by atoms with Gasteiger partial charge in [-0.2, -0.15) is 0 Å². The Kier molecular flexibility index (Phi) is 1.72. The van der Waals surface area contributed by atoms with Crippen molar-refractivity contribution in [3.63, 3.8) is 0 Å². The predicted molar refractivity (Wildman–Crippen MR) is 51.5 cm³/mol. The zero-order valence-electron chi connectivity index (χ0n) is 8.13. The van der Waals surface area contributed by atoms with Gasteiger partial charge in [0, 0.05) is 12.1 Å². The van der Waals surface area contributed by atoms with E-state index < -0.39 is 0 Å². The highest BCUT2D eigenvalue weighted by atomic mass is 16.3. The number of hydrogen-bond donors (Lipinski definition) is 2.